The smallest absolute Gasteiger partial charge is 0.278 e. The van der Waals surface area contributed by atoms with Crippen LogP contribution in [0.1, 0.15) is 5.76 Å². The molecule has 1 aromatic heterocycles. The average Bonchev–Trinajstić information content (AvgIpc) is 2.14. The minimum atomic E-state index is -0.658. The first kappa shape index (κ1) is 5.31. The summed E-state index contributed by atoms with van der Waals surface area (Å²) in [5, 5.41) is 8.29. The molecule has 1 aromatic rings. The van der Waals surface area contributed by atoms with E-state index in [1.165, 1.54) is 6.07 Å². The van der Waals surface area contributed by atoms with E-state index in [0.29, 0.717) is 0 Å². The molecule has 1 rings (SSSR count). The Labute approximate surface area is 45.6 Å². The molecular formula is C5H5FO2. The van der Waals surface area contributed by atoms with Crippen LogP contribution in [0.2, 0.25) is 0 Å². The SMILES string of the molecule is OCc1ccc(F)o1. The van der Waals surface area contributed by atoms with Crippen LogP contribution in [0.5, 0.6) is 0 Å². The summed E-state index contributed by atoms with van der Waals surface area (Å²) in [4.78, 5) is 0. The highest BCUT2D eigenvalue weighted by molar-refractivity contribution is 4.97. The second-order valence-electron chi connectivity index (χ2n) is 1.36. The van der Waals surface area contributed by atoms with Crippen molar-refractivity contribution >= 4 is 0 Å². The van der Waals surface area contributed by atoms with Crippen molar-refractivity contribution in [2.45, 2.75) is 6.61 Å². The summed E-state index contributed by atoms with van der Waals surface area (Å²) in [5.74, 6) is 0.252. The quantitative estimate of drug-likeness (QED) is 0.591. The van der Waals surface area contributed by atoms with E-state index in [1.807, 2.05) is 0 Å². The zero-order chi connectivity index (χ0) is 5.98. The number of furan rings is 1. The third-order valence-corrected chi connectivity index (χ3v) is 0.785. The van der Waals surface area contributed by atoms with Gasteiger partial charge in [0.2, 0.25) is 0 Å². The van der Waals surface area contributed by atoms with Gasteiger partial charge in [0.25, 0.3) is 6.01 Å². The maximum atomic E-state index is 11.8. The lowest BCUT2D eigenvalue weighted by atomic mass is 10.5. The molecule has 0 fully saturated rings. The number of aliphatic hydroxyl groups is 1. The van der Waals surface area contributed by atoms with E-state index in [4.69, 9.17) is 5.11 Å². The van der Waals surface area contributed by atoms with Crippen molar-refractivity contribution in [1.82, 2.24) is 0 Å². The molecule has 0 saturated heterocycles. The van der Waals surface area contributed by atoms with Gasteiger partial charge in [-0.25, -0.2) is 0 Å². The molecule has 44 valence electrons. The molecule has 0 aliphatic carbocycles. The Morgan fingerprint density at radius 3 is 2.62 bits per heavy atom. The fourth-order valence-electron chi connectivity index (χ4n) is 0.437. The Bertz CT molecular complexity index is 171. The summed E-state index contributed by atoms with van der Waals surface area (Å²) < 4.78 is 16.2. The van der Waals surface area contributed by atoms with Crippen molar-refractivity contribution in [2.24, 2.45) is 0 Å². The maximum Gasteiger partial charge on any atom is 0.278 e. The van der Waals surface area contributed by atoms with Gasteiger partial charge in [0.1, 0.15) is 12.4 Å². The number of hydrogen-bond donors (Lipinski definition) is 1. The molecule has 8 heavy (non-hydrogen) atoms. The van der Waals surface area contributed by atoms with Crippen molar-refractivity contribution in [3.05, 3.63) is 23.9 Å². The van der Waals surface area contributed by atoms with Crippen LogP contribution in [-0.2, 0) is 6.61 Å². The van der Waals surface area contributed by atoms with Crippen molar-refractivity contribution in [3.8, 4) is 0 Å². The minimum Gasteiger partial charge on any atom is -0.434 e. The van der Waals surface area contributed by atoms with E-state index in [-0.39, 0.29) is 12.4 Å². The Morgan fingerprint density at radius 2 is 2.38 bits per heavy atom. The third kappa shape index (κ3) is 0.869. The molecule has 0 unspecified atom stereocenters. The molecule has 1 heterocycles. The van der Waals surface area contributed by atoms with Gasteiger partial charge in [-0.2, -0.15) is 4.39 Å². The molecular weight excluding hydrogens is 111 g/mol. The third-order valence-electron chi connectivity index (χ3n) is 0.785. The monoisotopic (exact) mass is 116 g/mol. The highest BCUT2D eigenvalue weighted by Gasteiger charge is 1.95. The van der Waals surface area contributed by atoms with Crippen molar-refractivity contribution in [3.63, 3.8) is 0 Å². The summed E-state index contributed by atoms with van der Waals surface area (Å²) in [6.45, 7) is -0.246. The van der Waals surface area contributed by atoms with E-state index < -0.39 is 6.01 Å². The van der Waals surface area contributed by atoms with Gasteiger partial charge in [-0.3, -0.25) is 0 Å². The van der Waals surface area contributed by atoms with Gasteiger partial charge in [0.15, 0.2) is 0 Å². The lowest BCUT2D eigenvalue weighted by molar-refractivity contribution is 0.226. The second-order valence-corrected chi connectivity index (χ2v) is 1.36. The topological polar surface area (TPSA) is 33.4 Å². The predicted molar refractivity (Wildman–Crippen MR) is 24.6 cm³/mol. The van der Waals surface area contributed by atoms with Crippen molar-refractivity contribution in [2.75, 3.05) is 0 Å². The van der Waals surface area contributed by atoms with Gasteiger partial charge < -0.3 is 9.52 Å². The molecule has 2 nitrogen and oxygen atoms in total. The van der Waals surface area contributed by atoms with E-state index in [1.54, 1.807) is 0 Å². The summed E-state index contributed by atoms with van der Waals surface area (Å²) in [6, 6.07) is 1.88. The first-order chi connectivity index (χ1) is 3.83. The molecule has 0 aromatic carbocycles. The lowest BCUT2D eigenvalue weighted by Crippen LogP contribution is -1.73. The van der Waals surface area contributed by atoms with E-state index >= 15 is 0 Å². The van der Waals surface area contributed by atoms with Gasteiger partial charge in [-0.05, 0) is 6.07 Å². The molecule has 0 amide bonds. The van der Waals surface area contributed by atoms with Crippen LogP contribution < -0.4 is 0 Å². The minimum absolute atomic E-state index is 0.246. The molecule has 1 N–H and O–H groups in total. The Kier molecular flexibility index (Phi) is 1.30. The fraction of sp³-hybridized carbons (Fsp3) is 0.200. The van der Waals surface area contributed by atoms with Gasteiger partial charge >= 0.3 is 0 Å². The average molecular weight is 116 g/mol. The van der Waals surface area contributed by atoms with Crippen LogP contribution in [0, 0.1) is 6.01 Å². The Hall–Kier alpha value is -0.830. The van der Waals surface area contributed by atoms with E-state index in [0.717, 1.165) is 6.07 Å². The lowest BCUT2D eigenvalue weighted by Gasteiger charge is -1.80. The van der Waals surface area contributed by atoms with E-state index in [9.17, 15) is 4.39 Å². The standard InChI is InChI=1S/C5H5FO2/c6-5-2-1-4(3-7)8-5/h1-2,7H,3H2. The molecule has 0 bridgehead atoms. The Morgan fingerprint density at radius 1 is 1.62 bits per heavy atom. The zero-order valence-electron chi connectivity index (χ0n) is 4.10. The van der Waals surface area contributed by atoms with Crippen LogP contribution >= 0.6 is 0 Å². The van der Waals surface area contributed by atoms with Gasteiger partial charge in [0.05, 0.1) is 0 Å². The zero-order valence-corrected chi connectivity index (χ0v) is 4.10. The number of aliphatic hydroxyl groups excluding tert-OH is 1. The first-order valence-corrected chi connectivity index (χ1v) is 2.18. The van der Waals surface area contributed by atoms with Gasteiger partial charge in [0, 0.05) is 6.07 Å². The molecule has 3 heteroatoms. The predicted octanol–water partition coefficient (Wildman–Crippen LogP) is 0.911. The molecule has 0 aliphatic rings. The summed E-state index contributed by atoms with van der Waals surface area (Å²) >= 11 is 0. The van der Waals surface area contributed by atoms with Crippen molar-refractivity contribution < 1.29 is 13.9 Å². The van der Waals surface area contributed by atoms with Crippen molar-refractivity contribution in [1.29, 1.82) is 0 Å². The summed E-state index contributed by atoms with van der Waals surface area (Å²) in [6.07, 6.45) is 0. The molecule has 0 radical (unpaired) electrons. The normalized spacial score (nSPS) is 9.75. The van der Waals surface area contributed by atoms with Crippen LogP contribution in [-0.4, -0.2) is 5.11 Å². The number of halogens is 1. The van der Waals surface area contributed by atoms with Crippen LogP contribution in [0.15, 0.2) is 16.5 Å². The number of rotatable bonds is 1. The fourth-order valence-corrected chi connectivity index (χ4v) is 0.437. The highest BCUT2D eigenvalue weighted by Crippen LogP contribution is 2.03. The molecule has 0 saturated carbocycles. The van der Waals surface area contributed by atoms with Crippen LogP contribution in [0.25, 0.3) is 0 Å². The van der Waals surface area contributed by atoms with E-state index in [2.05, 4.69) is 4.42 Å². The Balaban J connectivity index is 2.84. The molecule has 0 spiro atoms. The number of hydrogen-bond acceptors (Lipinski definition) is 2. The molecule has 0 aliphatic heterocycles. The van der Waals surface area contributed by atoms with Gasteiger partial charge in [-0.15, -0.1) is 0 Å². The van der Waals surface area contributed by atoms with Gasteiger partial charge in [-0.1, -0.05) is 0 Å². The van der Waals surface area contributed by atoms with Crippen LogP contribution in [0.4, 0.5) is 4.39 Å². The van der Waals surface area contributed by atoms with Crippen LogP contribution in [0.3, 0.4) is 0 Å². The highest BCUT2D eigenvalue weighted by atomic mass is 19.1. The molecule has 0 atom stereocenters. The second kappa shape index (κ2) is 1.96. The summed E-state index contributed by atoms with van der Waals surface area (Å²) in [7, 11) is 0. The first-order valence-electron chi connectivity index (χ1n) is 2.18. The largest absolute Gasteiger partial charge is 0.434 e. The summed E-state index contributed by atoms with van der Waals surface area (Å²) in [5.41, 5.74) is 0. The maximum absolute atomic E-state index is 11.8.